The molecule has 4 rings (SSSR count). The van der Waals surface area contributed by atoms with Crippen molar-refractivity contribution in [3.8, 4) is 16.9 Å². The monoisotopic (exact) mass is 411 g/mol. The summed E-state index contributed by atoms with van der Waals surface area (Å²) in [6.07, 6.45) is 1.51. The van der Waals surface area contributed by atoms with Crippen LogP contribution < -0.4 is 4.74 Å². The van der Waals surface area contributed by atoms with E-state index in [1.54, 1.807) is 0 Å². The maximum absolute atomic E-state index is 10.6. The smallest absolute Gasteiger partial charge is 0.344 e. The number of benzene rings is 4. The number of carboxylic acids is 1. The van der Waals surface area contributed by atoms with Crippen molar-refractivity contribution >= 4 is 23.0 Å². The molecule has 0 unspecified atom stereocenters. The van der Waals surface area contributed by atoms with Crippen LogP contribution in [0.2, 0.25) is 0 Å². The maximum atomic E-state index is 10.6. The lowest BCUT2D eigenvalue weighted by atomic mass is 10.0. The zero-order valence-electron chi connectivity index (χ0n) is 16.8. The molecule has 0 aliphatic carbocycles. The Bertz CT molecular complexity index is 1230. The van der Waals surface area contributed by atoms with Crippen LogP contribution in [0.3, 0.4) is 0 Å². The first kappa shape index (κ1) is 20.2. The highest BCUT2D eigenvalue weighted by molar-refractivity contribution is 5.90. The van der Waals surface area contributed by atoms with Gasteiger partial charge in [-0.25, -0.2) is 4.79 Å². The van der Waals surface area contributed by atoms with Crippen molar-refractivity contribution in [2.45, 2.75) is 6.61 Å². The zero-order chi connectivity index (χ0) is 21.5. The number of hydrogen-bond donors (Lipinski definition) is 1. The molecule has 0 saturated carbocycles. The van der Waals surface area contributed by atoms with Gasteiger partial charge in [-0.2, -0.15) is 0 Å². The van der Waals surface area contributed by atoms with Gasteiger partial charge in [0, 0.05) is 5.56 Å². The number of carbonyl (C=O) groups is 1. The van der Waals surface area contributed by atoms with Gasteiger partial charge < -0.3 is 14.7 Å². The molecular weight excluding hydrogens is 390 g/mol. The number of aliphatic carboxylic acids is 1. The lowest BCUT2D eigenvalue weighted by molar-refractivity contribution is -0.142. The van der Waals surface area contributed by atoms with E-state index in [2.05, 4.69) is 35.5 Å². The second kappa shape index (κ2) is 9.59. The van der Waals surface area contributed by atoms with Gasteiger partial charge in [-0.15, -0.1) is 0 Å². The highest BCUT2D eigenvalue weighted by Crippen LogP contribution is 2.27. The molecule has 5 heteroatoms. The van der Waals surface area contributed by atoms with Crippen LogP contribution in [-0.2, 0) is 16.2 Å². The van der Waals surface area contributed by atoms with E-state index in [4.69, 9.17) is 14.7 Å². The average Bonchev–Trinajstić information content (AvgIpc) is 2.81. The van der Waals surface area contributed by atoms with Crippen LogP contribution >= 0.6 is 0 Å². The molecule has 0 atom stereocenters. The Morgan fingerprint density at radius 3 is 2.55 bits per heavy atom. The van der Waals surface area contributed by atoms with Crippen LogP contribution in [0.15, 0.2) is 96.2 Å². The van der Waals surface area contributed by atoms with Crippen LogP contribution in [0.1, 0.15) is 11.1 Å². The van der Waals surface area contributed by atoms with Crippen molar-refractivity contribution in [3.63, 3.8) is 0 Å². The number of oxime groups is 1. The van der Waals surface area contributed by atoms with Gasteiger partial charge in [-0.05, 0) is 45.7 Å². The maximum Gasteiger partial charge on any atom is 0.344 e. The van der Waals surface area contributed by atoms with Crippen molar-refractivity contribution < 1.29 is 19.5 Å². The van der Waals surface area contributed by atoms with Gasteiger partial charge >= 0.3 is 5.97 Å². The van der Waals surface area contributed by atoms with Crippen molar-refractivity contribution in [1.29, 1.82) is 0 Å². The summed E-state index contributed by atoms with van der Waals surface area (Å²) in [7, 11) is 0. The number of fused-ring (bicyclic) bond motifs is 1. The SMILES string of the molecule is O=C(O)CON=Cc1ccccc1-c1cccc(OCc2ccc3ccccc3c2)c1. The minimum absolute atomic E-state index is 0.473. The predicted molar refractivity (Wildman–Crippen MR) is 121 cm³/mol. The number of ether oxygens (including phenoxy) is 1. The Labute approximate surface area is 180 Å². The Kier molecular flexibility index (Phi) is 6.24. The standard InChI is InChI=1S/C26H21NO4/c28-26(29)18-31-27-16-23-8-3-4-11-25(23)22-9-5-10-24(15-22)30-17-19-12-13-20-6-1-2-7-21(20)14-19/h1-16H,17-18H2,(H,28,29). The van der Waals surface area contributed by atoms with E-state index in [9.17, 15) is 4.79 Å². The van der Waals surface area contributed by atoms with Crippen molar-refractivity contribution in [1.82, 2.24) is 0 Å². The molecule has 5 nitrogen and oxygen atoms in total. The summed E-state index contributed by atoms with van der Waals surface area (Å²) in [6.45, 7) is -0.00279. The third kappa shape index (κ3) is 5.28. The first-order valence-electron chi connectivity index (χ1n) is 9.86. The number of hydrogen-bond acceptors (Lipinski definition) is 4. The van der Waals surface area contributed by atoms with E-state index in [1.807, 2.05) is 60.7 Å². The average molecular weight is 411 g/mol. The molecule has 0 radical (unpaired) electrons. The summed E-state index contributed by atoms with van der Waals surface area (Å²) in [5, 5.41) is 14.8. The Hall–Kier alpha value is -4.12. The number of carboxylic acid groups (broad SMARTS) is 1. The van der Waals surface area contributed by atoms with Gasteiger partial charge in [-0.1, -0.05) is 78.0 Å². The lowest BCUT2D eigenvalue weighted by Gasteiger charge is -2.10. The van der Waals surface area contributed by atoms with Gasteiger partial charge in [0.05, 0.1) is 6.21 Å². The van der Waals surface area contributed by atoms with Crippen LogP contribution in [-0.4, -0.2) is 23.9 Å². The fourth-order valence-electron chi connectivity index (χ4n) is 3.31. The topological polar surface area (TPSA) is 68.1 Å². The van der Waals surface area contributed by atoms with Gasteiger partial charge in [0.25, 0.3) is 0 Å². The highest BCUT2D eigenvalue weighted by Gasteiger charge is 2.06. The molecule has 0 aliphatic rings. The van der Waals surface area contributed by atoms with E-state index >= 15 is 0 Å². The van der Waals surface area contributed by atoms with Gasteiger partial charge in [-0.3, -0.25) is 0 Å². The van der Waals surface area contributed by atoms with Crippen LogP contribution in [0, 0.1) is 0 Å². The third-order valence-corrected chi connectivity index (χ3v) is 4.78. The van der Waals surface area contributed by atoms with E-state index in [-0.39, 0.29) is 0 Å². The Balaban J connectivity index is 1.50. The quantitative estimate of drug-likeness (QED) is 0.306. The van der Waals surface area contributed by atoms with E-state index in [0.717, 1.165) is 28.0 Å². The predicted octanol–water partition coefficient (Wildman–Crippen LogP) is 5.52. The lowest BCUT2D eigenvalue weighted by Crippen LogP contribution is -2.03. The molecule has 154 valence electrons. The first-order valence-corrected chi connectivity index (χ1v) is 9.86. The van der Waals surface area contributed by atoms with Crippen molar-refractivity contribution in [2.75, 3.05) is 6.61 Å². The molecular formula is C26H21NO4. The fraction of sp³-hybridized carbons (Fsp3) is 0.0769. The molecule has 0 saturated heterocycles. The summed E-state index contributed by atoms with van der Waals surface area (Å²) in [6, 6.07) is 30.1. The summed E-state index contributed by atoms with van der Waals surface area (Å²) < 4.78 is 6.04. The molecule has 31 heavy (non-hydrogen) atoms. The number of nitrogens with zero attached hydrogens (tertiary/aromatic N) is 1. The second-order valence-electron chi connectivity index (χ2n) is 6.99. The Morgan fingerprint density at radius 2 is 1.68 bits per heavy atom. The summed E-state index contributed by atoms with van der Waals surface area (Å²) >= 11 is 0. The molecule has 0 aromatic heterocycles. The molecule has 0 spiro atoms. The van der Waals surface area contributed by atoms with Crippen LogP contribution in [0.25, 0.3) is 21.9 Å². The van der Waals surface area contributed by atoms with Crippen LogP contribution in [0.4, 0.5) is 0 Å². The molecule has 4 aromatic rings. The largest absolute Gasteiger partial charge is 0.489 e. The van der Waals surface area contributed by atoms with Gasteiger partial charge in [0.2, 0.25) is 6.61 Å². The third-order valence-electron chi connectivity index (χ3n) is 4.78. The molecule has 1 N–H and O–H groups in total. The van der Waals surface area contributed by atoms with Crippen LogP contribution in [0.5, 0.6) is 5.75 Å². The van der Waals surface area contributed by atoms with E-state index in [1.165, 1.54) is 17.0 Å². The first-order chi connectivity index (χ1) is 15.2. The molecule has 0 bridgehead atoms. The van der Waals surface area contributed by atoms with Crippen molar-refractivity contribution in [2.24, 2.45) is 5.16 Å². The summed E-state index contributed by atoms with van der Waals surface area (Å²) in [4.78, 5) is 15.3. The van der Waals surface area contributed by atoms with E-state index < -0.39 is 12.6 Å². The number of rotatable bonds is 8. The van der Waals surface area contributed by atoms with E-state index in [0.29, 0.717) is 6.61 Å². The molecule has 0 aliphatic heterocycles. The molecule has 4 aromatic carbocycles. The minimum atomic E-state index is -1.07. The highest BCUT2D eigenvalue weighted by atomic mass is 16.6. The van der Waals surface area contributed by atoms with Gasteiger partial charge in [0.1, 0.15) is 12.4 Å². The molecule has 0 fully saturated rings. The second-order valence-corrected chi connectivity index (χ2v) is 6.99. The zero-order valence-corrected chi connectivity index (χ0v) is 16.8. The molecule has 0 amide bonds. The Morgan fingerprint density at radius 1 is 0.871 bits per heavy atom. The minimum Gasteiger partial charge on any atom is -0.489 e. The summed E-state index contributed by atoms with van der Waals surface area (Å²) in [5.74, 6) is -0.304. The summed E-state index contributed by atoms with van der Waals surface area (Å²) in [5.41, 5.74) is 3.84. The normalized spacial score (nSPS) is 11.0. The van der Waals surface area contributed by atoms with Crippen molar-refractivity contribution in [3.05, 3.63) is 102 Å². The van der Waals surface area contributed by atoms with Gasteiger partial charge in [0.15, 0.2) is 0 Å². The molecule has 0 heterocycles. The fourth-order valence-corrected chi connectivity index (χ4v) is 3.31.